The second kappa shape index (κ2) is 8.42. The number of nitro benzene ring substituents is 1. The van der Waals surface area contributed by atoms with Crippen LogP contribution in [0.4, 0.5) is 11.4 Å². The van der Waals surface area contributed by atoms with Gasteiger partial charge in [0.2, 0.25) is 6.79 Å². The summed E-state index contributed by atoms with van der Waals surface area (Å²) in [6, 6.07) is 8.24. The van der Waals surface area contributed by atoms with E-state index < -0.39 is 23.4 Å². The van der Waals surface area contributed by atoms with Crippen molar-refractivity contribution in [2.45, 2.75) is 13.8 Å². The van der Waals surface area contributed by atoms with E-state index in [-0.39, 0.29) is 23.8 Å². The lowest BCUT2D eigenvalue weighted by Crippen LogP contribution is -2.20. The highest BCUT2D eigenvalue weighted by atomic mass is 16.7. The van der Waals surface area contributed by atoms with Crippen molar-refractivity contribution in [1.29, 1.82) is 0 Å². The number of rotatable bonds is 6. The maximum atomic E-state index is 12.0. The Balaban J connectivity index is 1.61. The average molecular weight is 398 g/mol. The highest BCUT2D eigenvalue weighted by Crippen LogP contribution is 2.38. The number of nitro groups is 1. The van der Waals surface area contributed by atoms with E-state index in [0.717, 1.165) is 17.2 Å². The van der Waals surface area contributed by atoms with Crippen molar-refractivity contribution in [3.05, 3.63) is 63.2 Å². The first-order chi connectivity index (χ1) is 13.8. The standard InChI is InChI=1S/C20H18N2O7/c1-12-3-4-13(2)15(7-12)21-19(23)10-27-20(24)6-5-14-8-17-18(29-11-28-17)9-16(14)22(25)26/h3-9H,10-11H2,1-2H3,(H,21,23)/b6-5+. The summed E-state index contributed by atoms with van der Waals surface area (Å²) in [6.07, 6.45) is 2.24. The molecule has 1 amide bonds. The van der Waals surface area contributed by atoms with Crippen LogP contribution in [-0.4, -0.2) is 30.2 Å². The smallest absolute Gasteiger partial charge is 0.331 e. The zero-order chi connectivity index (χ0) is 21.0. The minimum atomic E-state index is -0.812. The van der Waals surface area contributed by atoms with Gasteiger partial charge >= 0.3 is 5.97 Å². The van der Waals surface area contributed by atoms with Crippen LogP contribution in [0.3, 0.4) is 0 Å². The highest BCUT2D eigenvalue weighted by Gasteiger charge is 2.22. The van der Waals surface area contributed by atoms with Gasteiger partial charge < -0.3 is 19.5 Å². The molecule has 0 fully saturated rings. The summed E-state index contributed by atoms with van der Waals surface area (Å²) in [6.45, 7) is 3.23. The number of amides is 1. The van der Waals surface area contributed by atoms with Gasteiger partial charge in [0.1, 0.15) is 0 Å². The molecule has 9 heteroatoms. The number of anilines is 1. The van der Waals surface area contributed by atoms with Crippen LogP contribution in [0.1, 0.15) is 16.7 Å². The first-order valence-corrected chi connectivity index (χ1v) is 8.63. The Morgan fingerprint density at radius 1 is 1.21 bits per heavy atom. The summed E-state index contributed by atoms with van der Waals surface area (Å²) in [5.74, 6) is -0.696. The van der Waals surface area contributed by atoms with Crippen LogP contribution in [0.5, 0.6) is 11.5 Å². The van der Waals surface area contributed by atoms with Crippen molar-refractivity contribution in [2.75, 3.05) is 18.7 Å². The molecule has 0 bridgehead atoms. The maximum absolute atomic E-state index is 12.0. The number of nitrogens with zero attached hydrogens (tertiary/aromatic N) is 1. The lowest BCUT2D eigenvalue weighted by molar-refractivity contribution is -0.385. The summed E-state index contributed by atoms with van der Waals surface area (Å²) in [5.41, 5.74) is 2.40. The van der Waals surface area contributed by atoms with Gasteiger partial charge in [0.25, 0.3) is 11.6 Å². The summed E-state index contributed by atoms with van der Waals surface area (Å²) < 4.78 is 15.2. The average Bonchev–Trinajstić information content (AvgIpc) is 3.14. The van der Waals surface area contributed by atoms with E-state index in [1.807, 2.05) is 32.0 Å². The molecule has 0 radical (unpaired) electrons. The van der Waals surface area contributed by atoms with Crippen LogP contribution in [0.25, 0.3) is 6.08 Å². The molecule has 0 atom stereocenters. The molecule has 2 aromatic rings. The van der Waals surface area contributed by atoms with E-state index in [9.17, 15) is 19.7 Å². The molecule has 150 valence electrons. The van der Waals surface area contributed by atoms with Gasteiger partial charge in [-0.3, -0.25) is 14.9 Å². The van der Waals surface area contributed by atoms with Crippen LogP contribution in [0.15, 0.2) is 36.4 Å². The van der Waals surface area contributed by atoms with Crippen molar-refractivity contribution in [3.8, 4) is 11.5 Å². The number of carbonyl (C=O) groups is 2. The zero-order valence-corrected chi connectivity index (χ0v) is 15.8. The largest absolute Gasteiger partial charge is 0.454 e. The van der Waals surface area contributed by atoms with E-state index in [1.165, 1.54) is 18.2 Å². The molecule has 1 aliphatic heterocycles. The van der Waals surface area contributed by atoms with Crippen molar-refractivity contribution >= 4 is 29.3 Å². The number of ether oxygens (including phenoxy) is 3. The number of fused-ring (bicyclic) bond motifs is 1. The normalized spacial score (nSPS) is 12.1. The third-order valence-electron chi connectivity index (χ3n) is 4.13. The lowest BCUT2D eigenvalue weighted by atomic mass is 10.1. The van der Waals surface area contributed by atoms with Crippen LogP contribution in [0, 0.1) is 24.0 Å². The Bertz CT molecular complexity index is 1010. The van der Waals surface area contributed by atoms with Crippen LogP contribution < -0.4 is 14.8 Å². The fourth-order valence-electron chi connectivity index (χ4n) is 2.64. The van der Waals surface area contributed by atoms with E-state index in [0.29, 0.717) is 11.4 Å². The van der Waals surface area contributed by atoms with Gasteiger partial charge in [-0.05, 0) is 43.2 Å². The fraction of sp³-hybridized carbons (Fsp3) is 0.200. The maximum Gasteiger partial charge on any atom is 0.331 e. The van der Waals surface area contributed by atoms with E-state index in [4.69, 9.17) is 14.2 Å². The molecule has 1 N–H and O–H groups in total. The number of esters is 1. The lowest BCUT2D eigenvalue weighted by Gasteiger charge is -2.09. The minimum absolute atomic E-state index is 0.0305. The number of hydrogen-bond donors (Lipinski definition) is 1. The van der Waals surface area contributed by atoms with Crippen molar-refractivity contribution in [3.63, 3.8) is 0 Å². The molecule has 0 unspecified atom stereocenters. The van der Waals surface area contributed by atoms with Gasteiger partial charge in [-0.15, -0.1) is 0 Å². The molecule has 29 heavy (non-hydrogen) atoms. The second-order valence-electron chi connectivity index (χ2n) is 6.33. The molecule has 9 nitrogen and oxygen atoms in total. The third-order valence-corrected chi connectivity index (χ3v) is 4.13. The second-order valence-corrected chi connectivity index (χ2v) is 6.33. The molecule has 0 saturated carbocycles. The van der Waals surface area contributed by atoms with Crippen molar-refractivity contribution in [1.82, 2.24) is 0 Å². The summed E-state index contributed by atoms with van der Waals surface area (Å²) in [5, 5.41) is 13.9. The molecule has 2 aromatic carbocycles. The Morgan fingerprint density at radius 3 is 2.66 bits per heavy atom. The first-order valence-electron chi connectivity index (χ1n) is 8.63. The van der Waals surface area contributed by atoms with Crippen molar-refractivity contribution < 1.29 is 28.7 Å². The number of hydrogen-bond acceptors (Lipinski definition) is 7. The molecule has 0 aliphatic carbocycles. The van der Waals surface area contributed by atoms with Crippen LogP contribution in [0.2, 0.25) is 0 Å². The Labute approximate surface area is 166 Å². The summed E-state index contributed by atoms with van der Waals surface area (Å²) in [4.78, 5) is 34.5. The molecule has 0 aromatic heterocycles. The Hall–Kier alpha value is -3.88. The molecule has 0 spiro atoms. The monoisotopic (exact) mass is 398 g/mol. The van der Waals surface area contributed by atoms with Crippen LogP contribution >= 0.6 is 0 Å². The van der Waals surface area contributed by atoms with E-state index >= 15 is 0 Å². The van der Waals surface area contributed by atoms with Gasteiger partial charge in [-0.1, -0.05) is 12.1 Å². The van der Waals surface area contributed by atoms with E-state index in [1.54, 1.807) is 0 Å². The molecule has 1 heterocycles. The number of aryl methyl sites for hydroxylation is 2. The quantitative estimate of drug-likeness (QED) is 0.344. The van der Waals surface area contributed by atoms with Crippen LogP contribution in [-0.2, 0) is 14.3 Å². The summed E-state index contributed by atoms with van der Waals surface area (Å²) >= 11 is 0. The minimum Gasteiger partial charge on any atom is -0.454 e. The Morgan fingerprint density at radius 2 is 1.93 bits per heavy atom. The number of nitrogens with one attached hydrogen (secondary N) is 1. The molecule has 0 saturated heterocycles. The Kier molecular flexibility index (Phi) is 5.77. The predicted molar refractivity (Wildman–Crippen MR) is 104 cm³/mol. The zero-order valence-electron chi connectivity index (χ0n) is 15.8. The molecular weight excluding hydrogens is 380 g/mol. The third kappa shape index (κ3) is 4.89. The predicted octanol–water partition coefficient (Wildman–Crippen LogP) is 3.14. The molecule has 1 aliphatic rings. The highest BCUT2D eigenvalue weighted by molar-refractivity contribution is 5.95. The summed E-state index contributed by atoms with van der Waals surface area (Å²) in [7, 11) is 0. The SMILES string of the molecule is Cc1ccc(C)c(NC(=O)COC(=O)/C=C/c2cc3c(cc2[N+](=O)[O-])OCO3)c1. The van der Waals surface area contributed by atoms with E-state index in [2.05, 4.69) is 5.32 Å². The number of carbonyl (C=O) groups excluding carboxylic acids is 2. The van der Waals surface area contributed by atoms with Crippen molar-refractivity contribution in [2.24, 2.45) is 0 Å². The van der Waals surface area contributed by atoms with Gasteiger partial charge in [-0.2, -0.15) is 0 Å². The molecular formula is C20H18N2O7. The van der Waals surface area contributed by atoms with Gasteiger partial charge in [0.05, 0.1) is 16.6 Å². The fourth-order valence-corrected chi connectivity index (χ4v) is 2.64. The number of benzene rings is 2. The first kappa shape index (κ1) is 19.9. The molecule has 3 rings (SSSR count). The van der Waals surface area contributed by atoms with Gasteiger partial charge in [0, 0.05) is 11.8 Å². The topological polar surface area (TPSA) is 117 Å². The van der Waals surface area contributed by atoms with Gasteiger partial charge in [-0.25, -0.2) is 4.79 Å². The van der Waals surface area contributed by atoms with Gasteiger partial charge in [0.15, 0.2) is 18.1 Å².